The first-order valence-corrected chi connectivity index (χ1v) is 8.10. The van der Waals surface area contributed by atoms with Gasteiger partial charge < -0.3 is 9.64 Å². The molecule has 0 bridgehead atoms. The zero-order chi connectivity index (χ0) is 14.7. The van der Waals surface area contributed by atoms with Crippen LogP contribution >= 0.6 is 33.9 Å². The topological polar surface area (TPSA) is 29.5 Å². The third-order valence-corrected chi connectivity index (χ3v) is 4.79. The van der Waals surface area contributed by atoms with E-state index in [9.17, 15) is 4.79 Å². The quantitative estimate of drug-likeness (QED) is 0.727. The molecule has 0 unspecified atom stereocenters. The number of carbonyl (C=O) groups is 1. The second-order valence-corrected chi connectivity index (χ2v) is 7.42. The van der Waals surface area contributed by atoms with Gasteiger partial charge in [0.15, 0.2) is 0 Å². The van der Waals surface area contributed by atoms with Crippen molar-refractivity contribution in [1.29, 1.82) is 0 Å². The largest absolute Gasteiger partial charge is 0.496 e. The van der Waals surface area contributed by atoms with Crippen molar-refractivity contribution < 1.29 is 9.53 Å². The zero-order valence-corrected chi connectivity index (χ0v) is 14.6. The molecule has 1 amide bonds. The number of carbonyl (C=O) groups excluding carboxylic acids is 1. The van der Waals surface area contributed by atoms with Gasteiger partial charge in [0.25, 0.3) is 5.91 Å². The van der Waals surface area contributed by atoms with E-state index in [1.54, 1.807) is 23.3 Å². The number of halogens is 1. The molecule has 2 aromatic rings. The first-order chi connectivity index (χ1) is 9.51. The average Bonchev–Trinajstić information content (AvgIpc) is 2.84. The normalized spacial score (nSPS) is 10.4. The van der Waals surface area contributed by atoms with E-state index in [2.05, 4.69) is 28.7 Å². The van der Waals surface area contributed by atoms with Gasteiger partial charge in [-0.1, -0.05) is 17.7 Å². The van der Waals surface area contributed by atoms with Crippen LogP contribution in [0.1, 0.15) is 21.5 Å². The molecule has 1 heterocycles. The molecule has 0 aliphatic heterocycles. The van der Waals surface area contributed by atoms with E-state index in [0.717, 1.165) is 25.3 Å². The number of amides is 1. The minimum Gasteiger partial charge on any atom is -0.496 e. The van der Waals surface area contributed by atoms with Crippen LogP contribution in [-0.4, -0.2) is 25.0 Å². The van der Waals surface area contributed by atoms with Gasteiger partial charge in [0, 0.05) is 24.5 Å². The van der Waals surface area contributed by atoms with E-state index in [1.165, 1.54) is 0 Å². The van der Waals surface area contributed by atoms with Crippen LogP contribution in [0.25, 0.3) is 0 Å². The summed E-state index contributed by atoms with van der Waals surface area (Å²) in [5.41, 5.74) is 2.92. The second-order valence-electron chi connectivity index (χ2n) is 4.62. The van der Waals surface area contributed by atoms with Crippen LogP contribution in [0.4, 0.5) is 0 Å². The Labute approximate surface area is 136 Å². The summed E-state index contributed by atoms with van der Waals surface area (Å²) in [5, 5.41) is 1.90. The third kappa shape index (κ3) is 3.52. The fourth-order valence-corrected chi connectivity index (χ4v) is 3.32. The minimum absolute atomic E-state index is 0.0349. The summed E-state index contributed by atoms with van der Waals surface area (Å²) in [6.07, 6.45) is 0. The number of nitrogens with zero attached hydrogens (tertiary/aromatic N) is 1. The summed E-state index contributed by atoms with van der Waals surface area (Å²) >= 11 is 3.81. The smallest absolute Gasteiger partial charge is 0.254 e. The lowest BCUT2D eigenvalue weighted by atomic mass is 10.1. The molecule has 0 aliphatic carbocycles. The predicted octanol–water partition coefficient (Wildman–Crippen LogP) is 3.94. The number of methoxy groups -OCH3 is 1. The molecule has 2 rings (SSSR count). The lowest BCUT2D eigenvalue weighted by molar-refractivity contribution is 0.0784. The average molecular weight is 401 g/mol. The van der Waals surface area contributed by atoms with Crippen molar-refractivity contribution in [1.82, 2.24) is 4.90 Å². The van der Waals surface area contributed by atoms with Crippen molar-refractivity contribution in [2.75, 3.05) is 14.2 Å². The standard InChI is InChI=1S/C15H16INO2S/c1-10-4-5-13(19-3)11(6-10)8-17(2)15(18)12-7-14(16)20-9-12/h4-7,9H,8H2,1-3H3. The molecule has 0 aliphatic rings. The Balaban J connectivity index is 2.17. The summed E-state index contributed by atoms with van der Waals surface area (Å²) in [5.74, 6) is 0.850. The molecule has 0 N–H and O–H groups in total. The molecular formula is C15H16INO2S. The van der Waals surface area contributed by atoms with Crippen molar-refractivity contribution in [3.63, 3.8) is 0 Å². The van der Waals surface area contributed by atoms with Crippen LogP contribution in [0.15, 0.2) is 29.6 Å². The van der Waals surface area contributed by atoms with E-state index >= 15 is 0 Å². The van der Waals surface area contributed by atoms with Crippen molar-refractivity contribution in [2.45, 2.75) is 13.5 Å². The van der Waals surface area contributed by atoms with Crippen molar-refractivity contribution >= 4 is 39.8 Å². The predicted molar refractivity (Wildman–Crippen MR) is 90.6 cm³/mol. The highest BCUT2D eigenvalue weighted by Crippen LogP contribution is 2.23. The first-order valence-electron chi connectivity index (χ1n) is 6.14. The Morgan fingerprint density at radius 2 is 2.15 bits per heavy atom. The van der Waals surface area contributed by atoms with E-state index in [4.69, 9.17) is 4.74 Å². The van der Waals surface area contributed by atoms with E-state index in [-0.39, 0.29) is 5.91 Å². The number of thiophene rings is 1. The van der Waals surface area contributed by atoms with Gasteiger partial charge in [-0.3, -0.25) is 4.79 Å². The van der Waals surface area contributed by atoms with Gasteiger partial charge in [-0.2, -0.15) is 0 Å². The molecule has 0 spiro atoms. The Hall–Kier alpha value is -1.08. The Morgan fingerprint density at radius 3 is 2.75 bits per heavy atom. The Bertz CT molecular complexity index is 624. The fraction of sp³-hybridized carbons (Fsp3) is 0.267. The van der Waals surface area contributed by atoms with Gasteiger partial charge in [0.05, 0.1) is 15.6 Å². The number of rotatable bonds is 4. The summed E-state index contributed by atoms with van der Waals surface area (Å²) in [7, 11) is 3.46. The van der Waals surface area contributed by atoms with Crippen LogP contribution in [0.5, 0.6) is 5.75 Å². The number of benzene rings is 1. The summed E-state index contributed by atoms with van der Waals surface area (Å²) in [4.78, 5) is 14.1. The maximum absolute atomic E-state index is 12.3. The van der Waals surface area contributed by atoms with E-state index < -0.39 is 0 Å². The van der Waals surface area contributed by atoms with Gasteiger partial charge in [-0.15, -0.1) is 11.3 Å². The lowest BCUT2D eigenvalue weighted by Crippen LogP contribution is -2.26. The zero-order valence-electron chi connectivity index (χ0n) is 11.6. The molecule has 3 nitrogen and oxygen atoms in total. The van der Waals surface area contributed by atoms with Crippen LogP contribution < -0.4 is 4.74 Å². The van der Waals surface area contributed by atoms with Gasteiger partial charge in [-0.05, 0) is 41.6 Å². The maximum Gasteiger partial charge on any atom is 0.254 e. The molecule has 1 aromatic carbocycles. The first kappa shape index (κ1) is 15.3. The lowest BCUT2D eigenvalue weighted by Gasteiger charge is -2.18. The molecule has 0 atom stereocenters. The van der Waals surface area contributed by atoms with Gasteiger partial charge >= 0.3 is 0 Å². The van der Waals surface area contributed by atoms with Crippen molar-refractivity contribution in [3.8, 4) is 5.75 Å². The molecule has 0 radical (unpaired) electrons. The third-order valence-electron chi connectivity index (χ3n) is 3.00. The summed E-state index contributed by atoms with van der Waals surface area (Å²) < 4.78 is 6.47. The number of hydrogen-bond acceptors (Lipinski definition) is 3. The summed E-state index contributed by atoms with van der Waals surface area (Å²) in [6, 6.07) is 7.92. The number of aryl methyl sites for hydroxylation is 1. The van der Waals surface area contributed by atoms with Gasteiger partial charge in [0.2, 0.25) is 0 Å². The van der Waals surface area contributed by atoms with Crippen LogP contribution in [-0.2, 0) is 6.54 Å². The maximum atomic E-state index is 12.3. The highest BCUT2D eigenvalue weighted by atomic mass is 127. The molecule has 5 heteroatoms. The Kier molecular flexibility index (Phi) is 5.04. The fourth-order valence-electron chi connectivity index (χ4n) is 2.00. The molecule has 1 aromatic heterocycles. The Morgan fingerprint density at radius 1 is 1.40 bits per heavy atom. The van der Waals surface area contributed by atoms with E-state index in [0.29, 0.717) is 6.54 Å². The summed E-state index contributed by atoms with van der Waals surface area (Å²) in [6.45, 7) is 2.57. The van der Waals surface area contributed by atoms with Crippen LogP contribution in [0.3, 0.4) is 0 Å². The molecule has 0 fully saturated rings. The van der Waals surface area contributed by atoms with Gasteiger partial charge in [0.1, 0.15) is 5.75 Å². The SMILES string of the molecule is COc1ccc(C)cc1CN(C)C(=O)c1csc(I)c1. The van der Waals surface area contributed by atoms with Crippen molar-refractivity contribution in [2.24, 2.45) is 0 Å². The number of ether oxygens (including phenoxy) is 1. The molecule has 106 valence electrons. The second kappa shape index (κ2) is 6.58. The molecular weight excluding hydrogens is 385 g/mol. The van der Waals surface area contributed by atoms with Crippen LogP contribution in [0.2, 0.25) is 0 Å². The highest BCUT2D eigenvalue weighted by molar-refractivity contribution is 14.1. The van der Waals surface area contributed by atoms with E-state index in [1.807, 2.05) is 37.6 Å². The monoisotopic (exact) mass is 401 g/mol. The molecule has 20 heavy (non-hydrogen) atoms. The number of hydrogen-bond donors (Lipinski definition) is 0. The van der Waals surface area contributed by atoms with Crippen LogP contribution in [0, 0.1) is 9.81 Å². The minimum atomic E-state index is 0.0349. The van der Waals surface area contributed by atoms with Gasteiger partial charge in [-0.25, -0.2) is 0 Å². The highest BCUT2D eigenvalue weighted by Gasteiger charge is 2.15. The van der Waals surface area contributed by atoms with Crippen molar-refractivity contribution in [3.05, 3.63) is 49.2 Å². The molecule has 0 saturated heterocycles. The molecule has 0 saturated carbocycles.